The van der Waals surface area contributed by atoms with E-state index in [1.807, 2.05) is 0 Å². The molecule has 3 N–H and O–H groups in total. The number of hydrogen-bond donors (Lipinski definition) is 2. The molecule has 1 heterocycles. The summed E-state index contributed by atoms with van der Waals surface area (Å²) in [4.78, 5) is 12.9. The lowest BCUT2D eigenvalue weighted by atomic mass is 10.2. The molecule has 0 saturated heterocycles. The molecular weight excluding hydrogens is 272 g/mol. The summed E-state index contributed by atoms with van der Waals surface area (Å²) in [7, 11) is 1.62. The van der Waals surface area contributed by atoms with Crippen LogP contribution in [-0.2, 0) is 0 Å². The van der Waals surface area contributed by atoms with Gasteiger partial charge in [0.25, 0.3) is 0 Å². The lowest BCUT2D eigenvalue weighted by molar-refractivity contribution is 0.0972. The predicted octanol–water partition coefficient (Wildman–Crippen LogP) is 3.53. The maximum atomic E-state index is 12.2. The molecule has 5 heteroatoms. The lowest BCUT2D eigenvalue weighted by Crippen LogP contribution is -2.04. The minimum absolute atomic E-state index is 0.194. The van der Waals surface area contributed by atoms with E-state index >= 15 is 0 Å². The number of rotatable bonds is 7. The van der Waals surface area contributed by atoms with E-state index in [2.05, 4.69) is 12.2 Å². The number of ether oxygens (including phenoxy) is 1. The number of Topliss-reactive ketones (excluding diaryl/α,β-unsaturated/α-hetero) is 1. The largest absolute Gasteiger partial charge is 0.492 e. The van der Waals surface area contributed by atoms with Gasteiger partial charge in [-0.15, -0.1) is 11.3 Å². The Hall–Kier alpha value is -1.23. The quantitative estimate of drug-likeness (QED) is 0.755. The van der Waals surface area contributed by atoms with Crippen LogP contribution < -0.4 is 15.8 Å². The summed E-state index contributed by atoms with van der Waals surface area (Å²) >= 11 is 1.46. The van der Waals surface area contributed by atoms with Crippen LogP contribution in [0.25, 0.3) is 0 Å². The molecule has 0 aromatic carbocycles. The standard InChI is InChI=1S/C15H22N2O2S/c1-3-4-9-7-10(9)17-15-13(19-2)11(16)14(20-15)12(18)8-5-6-8/h8-10,17H,3-7,16H2,1-2H3. The molecule has 0 aliphatic heterocycles. The SMILES string of the molecule is CCCC1CC1Nc1sc(C(=O)C2CC2)c(N)c1OC. The molecule has 110 valence electrons. The average molecular weight is 294 g/mol. The molecule has 20 heavy (non-hydrogen) atoms. The fourth-order valence-electron chi connectivity index (χ4n) is 2.72. The Bertz CT molecular complexity index is 522. The number of nitrogen functional groups attached to an aromatic ring is 1. The van der Waals surface area contributed by atoms with Crippen LogP contribution in [0.4, 0.5) is 10.7 Å². The molecule has 4 nitrogen and oxygen atoms in total. The normalized spacial score (nSPS) is 24.5. The van der Waals surface area contributed by atoms with Crippen LogP contribution in [0.1, 0.15) is 48.7 Å². The topological polar surface area (TPSA) is 64.4 Å². The molecule has 2 aliphatic carbocycles. The molecule has 1 aromatic rings. The molecule has 2 saturated carbocycles. The number of methoxy groups -OCH3 is 1. The van der Waals surface area contributed by atoms with E-state index in [0.29, 0.717) is 22.4 Å². The first-order valence-corrected chi connectivity index (χ1v) is 8.24. The fraction of sp³-hybridized carbons (Fsp3) is 0.667. The maximum Gasteiger partial charge on any atom is 0.178 e. The summed E-state index contributed by atoms with van der Waals surface area (Å²) < 4.78 is 5.40. The van der Waals surface area contributed by atoms with E-state index in [9.17, 15) is 4.79 Å². The zero-order valence-corrected chi connectivity index (χ0v) is 12.9. The molecule has 1 aromatic heterocycles. The summed E-state index contributed by atoms with van der Waals surface area (Å²) in [5, 5.41) is 4.44. The average Bonchev–Trinajstić information content (AvgIpc) is 3.31. The fourth-order valence-corrected chi connectivity index (χ4v) is 3.89. The molecule has 0 radical (unpaired) electrons. The second-order valence-corrected chi connectivity index (χ2v) is 6.90. The number of nitrogens with one attached hydrogen (secondary N) is 1. The van der Waals surface area contributed by atoms with E-state index in [-0.39, 0.29) is 11.7 Å². The first kappa shape index (κ1) is 13.7. The van der Waals surface area contributed by atoms with Gasteiger partial charge in [0.05, 0.1) is 17.7 Å². The second-order valence-electron chi connectivity index (χ2n) is 5.88. The van der Waals surface area contributed by atoms with Crippen molar-refractivity contribution in [3.8, 4) is 5.75 Å². The summed E-state index contributed by atoms with van der Waals surface area (Å²) in [6.45, 7) is 2.21. The molecular formula is C15H22N2O2S. The Kier molecular flexibility index (Phi) is 3.63. The number of ketones is 1. The van der Waals surface area contributed by atoms with Crippen LogP contribution in [0.2, 0.25) is 0 Å². The van der Waals surface area contributed by atoms with Gasteiger partial charge in [-0.25, -0.2) is 0 Å². The highest BCUT2D eigenvalue weighted by Gasteiger charge is 2.38. The van der Waals surface area contributed by atoms with Crippen molar-refractivity contribution in [2.45, 2.75) is 45.1 Å². The van der Waals surface area contributed by atoms with Crippen LogP contribution in [0.5, 0.6) is 5.75 Å². The van der Waals surface area contributed by atoms with Crippen molar-refractivity contribution < 1.29 is 9.53 Å². The molecule has 2 atom stereocenters. The first-order valence-electron chi connectivity index (χ1n) is 7.42. The van der Waals surface area contributed by atoms with Crippen LogP contribution >= 0.6 is 11.3 Å². The van der Waals surface area contributed by atoms with Crippen molar-refractivity contribution in [3.05, 3.63) is 4.88 Å². The zero-order valence-electron chi connectivity index (χ0n) is 12.1. The van der Waals surface area contributed by atoms with Gasteiger partial charge in [0.1, 0.15) is 5.00 Å². The van der Waals surface area contributed by atoms with Gasteiger partial charge >= 0.3 is 0 Å². The third-order valence-electron chi connectivity index (χ3n) is 4.17. The van der Waals surface area contributed by atoms with Crippen molar-refractivity contribution in [2.75, 3.05) is 18.2 Å². The van der Waals surface area contributed by atoms with Gasteiger partial charge in [0, 0.05) is 12.0 Å². The van der Waals surface area contributed by atoms with Gasteiger partial charge < -0.3 is 15.8 Å². The van der Waals surface area contributed by atoms with Gasteiger partial charge in [-0.05, 0) is 31.6 Å². The van der Waals surface area contributed by atoms with Crippen molar-refractivity contribution in [1.82, 2.24) is 0 Å². The Morgan fingerprint density at radius 3 is 2.85 bits per heavy atom. The van der Waals surface area contributed by atoms with Crippen LogP contribution in [0.3, 0.4) is 0 Å². The molecule has 2 unspecified atom stereocenters. The van der Waals surface area contributed by atoms with E-state index < -0.39 is 0 Å². The van der Waals surface area contributed by atoms with Crippen LogP contribution in [0.15, 0.2) is 0 Å². The lowest BCUT2D eigenvalue weighted by Gasteiger charge is -2.06. The van der Waals surface area contributed by atoms with Gasteiger partial charge in [0.2, 0.25) is 0 Å². The van der Waals surface area contributed by atoms with E-state index in [1.54, 1.807) is 7.11 Å². The minimum atomic E-state index is 0.194. The summed E-state index contributed by atoms with van der Waals surface area (Å²) in [6, 6.07) is 0.519. The summed E-state index contributed by atoms with van der Waals surface area (Å²) in [5.74, 6) is 1.80. The third-order valence-corrected chi connectivity index (χ3v) is 5.31. The summed E-state index contributed by atoms with van der Waals surface area (Å²) in [5.41, 5.74) is 6.61. The Morgan fingerprint density at radius 2 is 2.25 bits per heavy atom. The number of anilines is 2. The van der Waals surface area contributed by atoms with E-state index in [1.165, 1.54) is 30.6 Å². The molecule has 0 spiro atoms. The van der Waals surface area contributed by atoms with Crippen molar-refractivity contribution in [2.24, 2.45) is 11.8 Å². The molecule has 2 aliphatic rings. The molecule has 0 bridgehead atoms. The van der Waals surface area contributed by atoms with Crippen molar-refractivity contribution in [1.29, 1.82) is 0 Å². The van der Waals surface area contributed by atoms with Gasteiger partial charge in [-0.3, -0.25) is 4.79 Å². The predicted molar refractivity (Wildman–Crippen MR) is 82.8 cm³/mol. The van der Waals surface area contributed by atoms with Crippen LogP contribution in [0, 0.1) is 11.8 Å². The Morgan fingerprint density at radius 1 is 1.50 bits per heavy atom. The van der Waals surface area contributed by atoms with Crippen molar-refractivity contribution in [3.63, 3.8) is 0 Å². The first-order chi connectivity index (χ1) is 9.65. The number of hydrogen-bond acceptors (Lipinski definition) is 5. The number of nitrogens with two attached hydrogens (primary N) is 1. The Labute approximate surface area is 123 Å². The Balaban J connectivity index is 1.76. The molecule has 0 amide bonds. The van der Waals surface area contributed by atoms with E-state index in [0.717, 1.165) is 23.8 Å². The highest BCUT2D eigenvalue weighted by molar-refractivity contribution is 7.19. The summed E-state index contributed by atoms with van der Waals surface area (Å²) in [6.07, 6.45) is 5.69. The number of carbonyl (C=O) groups excluding carboxylic acids is 1. The number of thiophene rings is 1. The van der Waals surface area contributed by atoms with Crippen LogP contribution in [-0.4, -0.2) is 18.9 Å². The molecule has 3 rings (SSSR count). The monoisotopic (exact) mass is 294 g/mol. The van der Waals surface area contributed by atoms with E-state index in [4.69, 9.17) is 10.5 Å². The zero-order chi connectivity index (χ0) is 14.3. The highest BCUT2D eigenvalue weighted by Crippen LogP contribution is 2.48. The van der Waals surface area contributed by atoms with Gasteiger partial charge in [-0.1, -0.05) is 13.3 Å². The third kappa shape index (κ3) is 2.51. The minimum Gasteiger partial charge on any atom is -0.492 e. The highest BCUT2D eigenvalue weighted by atomic mass is 32.1. The molecule has 2 fully saturated rings. The maximum absolute atomic E-state index is 12.2. The second kappa shape index (κ2) is 5.28. The van der Waals surface area contributed by atoms with Gasteiger partial charge in [-0.2, -0.15) is 0 Å². The van der Waals surface area contributed by atoms with Crippen molar-refractivity contribution >= 4 is 27.8 Å². The number of carbonyl (C=O) groups is 1. The smallest absolute Gasteiger partial charge is 0.178 e. The van der Waals surface area contributed by atoms with Gasteiger partial charge in [0.15, 0.2) is 11.5 Å².